The first-order valence-corrected chi connectivity index (χ1v) is 5.54. The first kappa shape index (κ1) is 11.7. The van der Waals surface area contributed by atoms with E-state index in [1.807, 2.05) is 0 Å². The lowest BCUT2D eigenvalue weighted by atomic mass is 10.3. The number of aromatic nitrogens is 2. The van der Waals surface area contributed by atoms with Crippen molar-refractivity contribution < 1.29 is 14.6 Å². The summed E-state index contributed by atoms with van der Waals surface area (Å²) in [6.07, 6.45) is 1.60. The molecule has 0 fully saturated rings. The fourth-order valence-electron chi connectivity index (χ4n) is 1.37. The zero-order valence-electron chi connectivity index (χ0n) is 8.92. The minimum atomic E-state index is -1.07. The Morgan fingerprint density at radius 3 is 2.53 bits per heavy atom. The molecule has 2 rings (SSSR count). The summed E-state index contributed by atoms with van der Waals surface area (Å²) in [6.45, 7) is 0. The van der Waals surface area contributed by atoms with Gasteiger partial charge in [0.1, 0.15) is 5.75 Å². The van der Waals surface area contributed by atoms with E-state index in [-0.39, 0.29) is 5.69 Å². The van der Waals surface area contributed by atoms with Crippen molar-refractivity contribution in [3.05, 3.63) is 40.6 Å². The number of ether oxygens (including phenoxy) is 1. The van der Waals surface area contributed by atoms with Gasteiger partial charge in [0.25, 0.3) is 0 Å². The minimum absolute atomic E-state index is 0.0131. The summed E-state index contributed by atoms with van der Waals surface area (Å²) >= 11 is 3.15. The third kappa shape index (κ3) is 2.31. The highest BCUT2D eigenvalue weighted by atomic mass is 79.9. The molecule has 1 N–H and O–H groups in total. The number of hydrogen-bond donors (Lipinski definition) is 1. The predicted molar refractivity (Wildman–Crippen MR) is 64.8 cm³/mol. The number of carboxylic acids is 1. The van der Waals surface area contributed by atoms with Gasteiger partial charge in [0.2, 0.25) is 0 Å². The van der Waals surface area contributed by atoms with E-state index in [0.717, 1.165) is 11.4 Å². The lowest BCUT2D eigenvalue weighted by Gasteiger charge is -2.02. The van der Waals surface area contributed by atoms with Crippen LogP contribution in [0, 0.1) is 0 Å². The SMILES string of the molecule is COc1ccc(-n2cc(Br)c(C(=O)O)n2)cc1. The number of carboxylic acid groups (broad SMARTS) is 1. The topological polar surface area (TPSA) is 64.3 Å². The first-order valence-electron chi connectivity index (χ1n) is 4.74. The van der Waals surface area contributed by atoms with Crippen LogP contribution in [0.5, 0.6) is 5.75 Å². The summed E-state index contributed by atoms with van der Waals surface area (Å²) in [5.74, 6) is -0.331. The van der Waals surface area contributed by atoms with Crippen molar-refractivity contribution in [1.82, 2.24) is 9.78 Å². The third-order valence-corrected chi connectivity index (χ3v) is 2.79. The molecule has 0 atom stereocenters. The zero-order chi connectivity index (χ0) is 12.4. The molecule has 0 aliphatic carbocycles. The maximum atomic E-state index is 10.8. The van der Waals surface area contributed by atoms with Gasteiger partial charge in [-0.05, 0) is 40.2 Å². The van der Waals surface area contributed by atoms with Gasteiger partial charge in [-0.2, -0.15) is 5.10 Å². The lowest BCUT2D eigenvalue weighted by Crippen LogP contribution is -2.01. The van der Waals surface area contributed by atoms with E-state index < -0.39 is 5.97 Å². The van der Waals surface area contributed by atoms with Gasteiger partial charge in [-0.15, -0.1) is 0 Å². The monoisotopic (exact) mass is 296 g/mol. The van der Waals surface area contributed by atoms with Crippen LogP contribution in [0.3, 0.4) is 0 Å². The third-order valence-electron chi connectivity index (χ3n) is 2.21. The van der Waals surface area contributed by atoms with E-state index in [1.165, 1.54) is 4.68 Å². The second-order valence-corrected chi connectivity index (χ2v) is 4.13. The van der Waals surface area contributed by atoms with E-state index in [4.69, 9.17) is 9.84 Å². The molecule has 0 spiro atoms. The van der Waals surface area contributed by atoms with Gasteiger partial charge >= 0.3 is 5.97 Å². The smallest absolute Gasteiger partial charge is 0.357 e. The Balaban J connectivity index is 2.39. The van der Waals surface area contributed by atoms with Crippen LogP contribution >= 0.6 is 15.9 Å². The van der Waals surface area contributed by atoms with Crippen LogP contribution in [-0.2, 0) is 0 Å². The van der Waals surface area contributed by atoms with E-state index in [1.54, 1.807) is 37.6 Å². The van der Waals surface area contributed by atoms with Crippen molar-refractivity contribution >= 4 is 21.9 Å². The Morgan fingerprint density at radius 1 is 1.41 bits per heavy atom. The highest BCUT2D eigenvalue weighted by Crippen LogP contribution is 2.19. The largest absolute Gasteiger partial charge is 0.497 e. The summed E-state index contributed by atoms with van der Waals surface area (Å²) < 4.78 is 6.98. The number of methoxy groups -OCH3 is 1. The normalized spacial score (nSPS) is 10.2. The molecule has 5 nitrogen and oxygen atoms in total. The Labute approximate surface area is 106 Å². The van der Waals surface area contributed by atoms with Crippen LogP contribution in [0.1, 0.15) is 10.5 Å². The Morgan fingerprint density at radius 2 is 2.06 bits per heavy atom. The molecule has 0 saturated carbocycles. The molecular weight excluding hydrogens is 288 g/mol. The molecular formula is C11H9BrN2O3. The van der Waals surface area contributed by atoms with E-state index in [0.29, 0.717) is 4.47 Å². The molecule has 0 aliphatic rings. The van der Waals surface area contributed by atoms with Crippen LogP contribution in [0.4, 0.5) is 0 Å². The zero-order valence-corrected chi connectivity index (χ0v) is 10.5. The molecule has 0 bridgehead atoms. The maximum absolute atomic E-state index is 10.8. The molecule has 0 radical (unpaired) electrons. The summed E-state index contributed by atoms with van der Waals surface area (Å²) in [6, 6.07) is 7.16. The second-order valence-electron chi connectivity index (χ2n) is 3.27. The quantitative estimate of drug-likeness (QED) is 0.944. The van der Waals surface area contributed by atoms with E-state index in [2.05, 4.69) is 21.0 Å². The summed E-state index contributed by atoms with van der Waals surface area (Å²) in [5, 5.41) is 12.8. The van der Waals surface area contributed by atoms with Gasteiger partial charge < -0.3 is 9.84 Å². The Kier molecular flexibility index (Phi) is 3.14. The first-order chi connectivity index (χ1) is 8.11. The fourth-order valence-corrected chi connectivity index (χ4v) is 1.81. The van der Waals surface area contributed by atoms with Crippen LogP contribution in [0.25, 0.3) is 5.69 Å². The molecule has 0 saturated heterocycles. The lowest BCUT2D eigenvalue weighted by molar-refractivity contribution is 0.0689. The van der Waals surface area contributed by atoms with E-state index >= 15 is 0 Å². The standard InChI is InChI=1S/C11H9BrN2O3/c1-17-8-4-2-7(3-5-8)14-6-9(12)10(13-14)11(15)16/h2-6H,1H3,(H,15,16). The number of benzene rings is 1. The molecule has 0 unspecified atom stereocenters. The molecule has 1 aromatic carbocycles. The van der Waals surface area contributed by atoms with Gasteiger partial charge in [0.15, 0.2) is 5.69 Å². The average molecular weight is 297 g/mol. The average Bonchev–Trinajstić information content (AvgIpc) is 2.71. The van der Waals surface area contributed by atoms with Crippen molar-refractivity contribution in [2.24, 2.45) is 0 Å². The van der Waals surface area contributed by atoms with Crippen molar-refractivity contribution in [3.8, 4) is 11.4 Å². The van der Waals surface area contributed by atoms with Crippen LogP contribution in [0.2, 0.25) is 0 Å². The summed E-state index contributed by atoms with van der Waals surface area (Å²) in [5.41, 5.74) is 0.750. The molecule has 0 aliphatic heterocycles. The predicted octanol–water partition coefficient (Wildman–Crippen LogP) is 2.34. The summed E-state index contributed by atoms with van der Waals surface area (Å²) in [7, 11) is 1.59. The number of nitrogens with zero attached hydrogens (tertiary/aromatic N) is 2. The molecule has 17 heavy (non-hydrogen) atoms. The van der Waals surface area contributed by atoms with Crippen molar-refractivity contribution in [3.63, 3.8) is 0 Å². The molecule has 6 heteroatoms. The van der Waals surface area contributed by atoms with Crippen molar-refractivity contribution in [2.75, 3.05) is 7.11 Å². The van der Waals surface area contributed by atoms with Gasteiger partial charge in [0.05, 0.1) is 17.3 Å². The van der Waals surface area contributed by atoms with Crippen LogP contribution in [0.15, 0.2) is 34.9 Å². The van der Waals surface area contributed by atoms with Gasteiger partial charge in [-0.1, -0.05) is 0 Å². The number of hydrogen-bond acceptors (Lipinski definition) is 3. The van der Waals surface area contributed by atoms with Gasteiger partial charge in [-0.25, -0.2) is 9.48 Å². The molecule has 1 aromatic heterocycles. The molecule has 1 heterocycles. The Hall–Kier alpha value is -1.82. The van der Waals surface area contributed by atoms with E-state index in [9.17, 15) is 4.79 Å². The Bertz CT molecular complexity index is 548. The highest BCUT2D eigenvalue weighted by Gasteiger charge is 2.14. The number of carbonyl (C=O) groups is 1. The number of aromatic carboxylic acids is 1. The fraction of sp³-hybridized carbons (Fsp3) is 0.0909. The van der Waals surface area contributed by atoms with Crippen LogP contribution in [-0.4, -0.2) is 28.0 Å². The van der Waals surface area contributed by atoms with Gasteiger partial charge in [-0.3, -0.25) is 0 Å². The second kappa shape index (κ2) is 4.58. The molecule has 2 aromatic rings. The summed E-state index contributed by atoms with van der Waals surface area (Å²) in [4.78, 5) is 10.8. The highest BCUT2D eigenvalue weighted by molar-refractivity contribution is 9.10. The van der Waals surface area contributed by atoms with Crippen LogP contribution < -0.4 is 4.74 Å². The van der Waals surface area contributed by atoms with Gasteiger partial charge in [0, 0.05) is 6.20 Å². The van der Waals surface area contributed by atoms with Crippen molar-refractivity contribution in [2.45, 2.75) is 0 Å². The minimum Gasteiger partial charge on any atom is -0.497 e. The maximum Gasteiger partial charge on any atom is 0.357 e. The number of halogens is 1. The number of rotatable bonds is 3. The van der Waals surface area contributed by atoms with Crippen molar-refractivity contribution in [1.29, 1.82) is 0 Å². The molecule has 88 valence electrons. The molecule has 0 amide bonds.